The maximum absolute atomic E-state index is 12.5. The topological polar surface area (TPSA) is 80.3 Å². The summed E-state index contributed by atoms with van der Waals surface area (Å²) in [5.41, 5.74) is 1.03. The van der Waals surface area contributed by atoms with E-state index in [1.807, 2.05) is 0 Å². The summed E-state index contributed by atoms with van der Waals surface area (Å²) in [6.07, 6.45) is 0.604. The van der Waals surface area contributed by atoms with Crippen LogP contribution in [-0.2, 0) is 4.79 Å². The number of hydrogen-bond acceptors (Lipinski definition) is 4. The Balaban J connectivity index is 1.62. The molecule has 29 heavy (non-hydrogen) atoms. The SMILES string of the molecule is CC(NC(=O)c1ccnc(NC(=O)C2CC2)c1)c1ccc(OCC(F)F)c(Cl)c1. The lowest BCUT2D eigenvalue weighted by atomic mass is 10.1. The molecule has 1 saturated carbocycles. The van der Waals surface area contributed by atoms with Crippen molar-refractivity contribution in [2.45, 2.75) is 32.2 Å². The maximum atomic E-state index is 12.5. The molecular formula is C20H20ClF2N3O3. The van der Waals surface area contributed by atoms with Crippen molar-refractivity contribution in [1.82, 2.24) is 10.3 Å². The number of alkyl halides is 2. The van der Waals surface area contributed by atoms with Gasteiger partial charge in [-0.15, -0.1) is 0 Å². The van der Waals surface area contributed by atoms with E-state index in [1.54, 1.807) is 25.1 Å². The van der Waals surface area contributed by atoms with Crippen LogP contribution < -0.4 is 15.4 Å². The van der Waals surface area contributed by atoms with Gasteiger partial charge in [-0.1, -0.05) is 17.7 Å². The van der Waals surface area contributed by atoms with Crippen LogP contribution in [-0.4, -0.2) is 29.8 Å². The number of hydrogen-bond donors (Lipinski definition) is 2. The molecular weight excluding hydrogens is 404 g/mol. The quantitative estimate of drug-likeness (QED) is 0.666. The number of carbonyl (C=O) groups excluding carboxylic acids is 2. The van der Waals surface area contributed by atoms with Gasteiger partial charge in [-0.2, -0.15) is 0 Å². The van der Waals surface area contributed by atoms with E-state index in [1.165, 1.54) is 18.3 Å². The zero-order chi connectivity index (χ0) is 21.0. The molecule has 1 aliphatic carbocycles. The van der Waals surface area contributed by atoms with Gasteiger partial charge in [0.2, 0.25) is 5.91 Å². The first-order valence-electron chi connectivity index (χ1n) is 9.11. The lowest BCUT2D eigenvalue weighted by molar-refractivity contribution is -0.117. The van der Waals surface area contributed by atoms with Crippen molar-refractivity contribution >= 4 is 29.2 Å². The predicted molar refractivity (Wildman–Crippen MR) is 104 cm³/mol. The predicted octanol–water partition coefficient (Wildman–Crippen LogP) is 4.22. The first-order chi connectivity index (χ1) is 13.8. The van der Waals surface area contributed by atoms with Crippen molar-refractivity contribution in [3.63, 3.8) is 0 Å². The van der Waals surface area contributed by atoms with Gasteiger partial charge in [0.25, 0.3) is 12.3 Å². The molecule has 0 aliphatic heterocycles. The van der Waals surface area contributed by atoms with E-state index in [9.17, 15) is 18.4 Å². The number of rotatable bonds is 8. The molecule has 1 aliphatic rings. The zero-order valence-corrected chi connectivity index (χ0v) is 16.4. The highest BCUT2D eigenvalue weighted by atomic mass is 35.5. The number of aromatic nitrogens is 1. The Kier molecular flexibility index (Phi) is 6.64. The van der Waals surface area contributed by atoms with E-state index in [0.29, 0.717) is 16.9 Å². The Morgan fingerprint density at radius 1 is 1.28 bits per heavy atom. The average molecular weight is 424 g/mol. The lowest BCUT2D eigenvalue weighted by Crippen LogP contribution is -2.27. The minimum atomic E-state index is -2.59. The number of halogens is 3. The standard InChI is InChI=1S/C20H20ClF2N3O3/c1-11(13-4-5-16(15(21)8-13)29-10-17(22)23)25-20(28)14-6-7-24-18(9-14)26-19(27)12-2-3-12/h4-9,11-12,17H,2-3,10H2,1H3,(H,25,28)(H,24,26,27). The van der Waals surface area contributed by atoms with E-state index in [-0.39, 0.29) is 28.5 Å². The molecule has 1 atom stereocenters. The molecule has 3 rings (SSSR count). The first kappa shape index (κ1) is 21.0. The smallest absolute Gasteiger partial charge is 0.272 e. The van der Waals surface area contributed by atoms with E-state index < -0.39 is 19.1 Å². The number of benzene rings is 1. The Bertz CT molecular complexity index is 906. The van der Waals surface area contributed by atoms with E-state index in [4.69, 9.17) is 16.3 Å². The van der Waals surface area contributed by atoms with Crippen LogP contribution in [0.2, 0.25) is 5.02 Å². The van der Waals surface area contributed by atoms with Gasteiger partial charge >= 0.3 is 0 Å². The summed E-state index contributed by atoms with van der Waals surface area (Å²) in [4.78, 5) is 28.5. The monoisotopic (exact) mass is 423 g/mol. The van der Waals surface area contributed by atoms with Crippen LogP contribution in [0.5, 0.6) is 5.75 Å². The van der Waals surface area contributed by atoms with Crippen molar-refractivity contribution in [1.29, 1.82) is 0 Å². The average Bonchev–Trinajstić information content (AvgIpc) is 3.52. The van der Waals surface area contributed by atoms with E-state index in [2.05, 4.69) is 15.6 Å². The van der Waals surface area contributed by atoms with Crippen molar-refractivity contribution < 1.29 is 23.1 Å². The van der Waals surface area contributed by atoms with Gasteiger partial charge in [-0.3, -0.25) is 9.59 Å². The number of amides is 2. The third kappa shape index (κ3) is 5.87. The van der Waals surface area contributed by atoms with Gasteiger partial charge in [0.15, 0.2) is 0 Å². The molecule has 2 amide bonds. The van der Waals surface area contributed by atoms with Gasteiger partial charge in [-0.05, 0) is 49.6 Å². The number of anilines is 1. The number of ether oxygens (including phenoxy) is 1. The van der Waals surface area contributed by atoms with Crippen LogP contribution in [0.1, 0.15) is 41.7 Å². The van der Waals surface area contributed by atoms with Gasteiger partial charge in [0, 0.05) is 17.7 Å². The lowest BCUT2D eigenvalue weighted by Gasteiger charge is -2.16. The molecule has 1 aromatic heterocycles. The molecule has 0 saturated heterocycles. The highest BCUT2D eigenvalue weighted by Crippen LogP contribution is 2.30. The molecule has 2 N–H and O–H groups in total. The molecule has 154 valence electrons. The summed E-state index contributed by atoms with van der Waals surface area (Å²) in [5, 5.41) is 5.71. The molecule has 1 aromatic carbocycles. The van der Waals surface area contributed by atoms with Gasteiger partial charge < -0.3 is 15.4 Å². The van der Waals surface area contributed by atoms with Crippen LogP contribution in [0.25, 0.3) is 0 Å². The summed E-state index contributed by atoms with van der Waals surface area (Å²) < 4.78 is 29.5. The fourth-order valence-electron chi connectivity index (χ4n) is 2.63. The Hall–Kier alpha value is -2.74. The highest BCUT2D eigenvalue weighted by molar-refractivity contribution is 6.32. The maximum Gasteiger partial charge on any atom is 0.272 e. The summed E-state index contributed by atoms with van der Waals surface area (Å²) >= 11 is 6.08. The summed E-state index contributed by atoms with van der Waals surface area (Å²) in [6, 6.07) is 7.34. The Morgan fingerprint density at radius 3 is 2.69 bits per heavy atom. The van der Waals surface area contributed by atoms with Crippen molar-refractivity contribution in [3.8, 4) is 5.75 Å². The van der Waals surface area contributed by atoms with Crippen LogP contribution in [0, 0.1) is 5.92 Å². The first-order valence-corrected chi connectivity index (χ1v) is 9.49. The normalized spacial score (nSPS) is 14.4. The summed E-state index contributed by atoms with van der Waals surface area (Å²) in [7, 11) is 0. The van der Waals surface area contributed by atoms with Crippen LogP contribution in [0.3, 0.4) is 0 Å². The fraction of sp³-hybridized carbons (Fsp3) is 0.350. The molecule has 0 radical (unpaired) electrons. The highest BCUT2D eigenvalue weighted by Gasteiger charge is 2.29. The number of carbonyl (C=O) groups is 2. The second kappa shape index (κ2) is 9.17. The number of nitrogens with zero attached hydrogens (tertiary/aromatic N) is 1. The molecule has 9 heteroatoms. The van der Waals surface area contributed by atoms with Gasteiger partial charge in [0.05, 0.1) is 11.1 Å². The third-order valence-electron chi connectivity index (χ3n) is 4.39. The van der Waals surface area contributed by atoms with Gasteiger partial charge in [-0.25, -0.2) is 13.8 Å². The molecule has 0 spiro atoms. The van der Waals surface area contributed by atoms with Crippen molar-refractivity contribution in [2.75, 3.05) is 11.9 Å². The van der Waals surface area contributed by atoms with E-state index >= 15 is 0 Å². The largest absolute Gasteiger partial charge is 0.486 e. The second-order valence-electron chi connectivity index (χ2n) is 6.78. The fourth-order valence-corrected chi connectivity index (χ4v) is 2.88. The molecule has 2 aromatic rings. The zero-order valence-electron chi connectivity index (χ0n) is 15.6. The van der Waals surface area contributed by atoms with Crippen LogP contribution in [0.4, 0.5) is 14.6 Å². The molecule has 0 bridgehead atoms. The Morgan fingerprint density at radius 2 is 2.03 bits per heavy atom. The Labute approximate surface area is 171 Å². The molecule has 1 fully saturated rings. The summed E-state index contributed by atoms with van der Waals surface area (Å²) in [5.74, 6) is 0.0695. The van der Waals surface area contributed by atoms with Crippen molar-refractivity contribution in [2.24, 2.45) is 5.92 Å². The van der Waals surface area contributed by atoms with Crippen LogP contribution >= 0.6 is 11.6 Å². The van der Waals surface area contributed by atoms with Crippen LogP contribution in [0.15, 0.2) is 36.5 Å². The minimum Gasteiger partial charge on any atom is -0.486 e. The third-order valence-corrected chi connectivity index (χ3v) is 4.69. The molecule has 6 nitrogen and oxygen atoms in total. The van der Waals surface area contributed by atoms with E-state index in [0.717, 1.165) is 12.8 Å². The van der Waals surface area contributed by atoms with Crippen molar-refractivity contribution in [3.05, 3.63) is 52.7 Å². The number of nitrogens with one attached hydrogen (secondary N) is 2. The number of pyridine rings is 1. The minimum absolute atomic E-state index is 0.0340. The van der Waals surface area contributed by atoms with Gasteiger partial charge in [0.1, 0.15) is 18.2 Å². The molecule has 1 unspecified atom stereocenters. The molecule has 1 heterocycles. The summed E-state index contributed by atoms with van der Waals surface area (Å²) in [6.45, 7) is 1.02. The second-order valence-corrected chi connectivity index (χ2v) is 7.19.